The molecule has 3 aromatic rings. The summed E-state index contributed by atoms with van der Waals surface area (Å²) in [6.07, 6.45) is 0. The third-order valence-electron chi connectivity index (χ3n) is 4.68. The summed E-state index contributed by atoms with van der Waals surface area (Å²) in [6.45, 7) is 4.11. The smallest absolute Gasteiger partial charge is 0.338 e. The highest BCUT2D eigenvalue weighted by atomic mass is 16.5. The predicted molar refractivity (Wildman–Crippen MR) is 110 cm³/mol. The first-order valence-corrected chi connectivity index (χ1v) is 9.37. The van der Waals surface area contributed by atoms with Crippen LogP contribution in [0.15, 0.2) is 53.3 Å². The minimum Gasteiger partial charge on any atom is -0.452 e. The second kappa shape index (κ2) is 8.68. The van der Waals surface area contributed by atoms with Crippen molar-refractivity contribution < 1.29 is 14.3 Å². The van der Waals surface area contributed by atoms with Crippen molar-refractivity contribution in [2.75, 3.05) is 13.7 Å². The van der Waals surface area contributed by atoms with E-state index < -0.39 is 5.97 Å². The van der Waals surface area contributed by atoms with Gasteiger partial charge in [-0.3, -0.25) is 9.59 Å². The topological polar surface area (TPSA) is 81.5 Å². The van der Waals surface area contributed by atoms with Gasteiger partial charge in [0.05, 0.1) is 16.6 Å². The summed E-state index contributed by atoms with van der Waals surface area (Å²) in [5.41, 5.74) is 2.67. The molecular weight excluding hydrogens is 370 g/mol. The van der Waals surface area contributed by atoms with E-state index in [0.29, 0.717) is 29.8 Å². The second-order valence-electron chi connectivity index (χ2n) is 6.76. The van der Waals surface area contributed by atoms with E-state index in [9.17, 15) is 14.4 Å². The molecule has 0 aliphatic rings. The van der Waals surface area contributed by atoms with Crippen LogP contribution in [-0.2, 0) is 22.6 Å². The first-order chi connectivity index (χ1) is 13.9. The van der Waals surface area contributed by atoms with Gasteiger partial charge in [0.15, 0.2) is 6.61 Å². The average molecular weight is 393 g/mol. The van der Waals surface area contributed by atoms with Crippen LogP contribution in [0, 0.1) is 6.92 Å². The van der Waals surface area contributed by atoms with Gasteiger partial charge in [0.25, 0.3) is 11.5 Å². The number of rotatable bonds is 6. The molecule has 0 spiro atoms. The van der Waals surface area contributed by atoms with Crippen molar-refractivity contribution in [3.05, 3.63) is 75.7 Å². The van der Waals surface area contributed by atoms with E-state index in [0.717, 1.165) is 5.56 Å². The Bertz CT molecular complexity index is 1110. The molecule has 3 rings (SSSR count). The quantitative estimate of drug-likeness (QED) is 0.601. The van der Waals surface area contributed by atoms with Gasteiger partial charge < -0.3 is 14.2 Å². The molecule has 7 nitrogen and oxygen atoms in total. The van der Waals surface area contributed by atoms with E-state index in [2.05, 4.69) is 4.98 Å². The van der Waals surface area contributed by atoms with Crippen molar-refractivity contribution in [1.29, 1.82) is 0 Å². The van der Waals surface area contributed by atoms with Gasteiger partial charge in [0.2, 0.25) is 0 Å². The Morgan fingerprint density at radius 1 is 1.14 bits per heavy atom. The molecule has 2 aromatic carbocycles. The zero-order valence-corrected chi connectivity index (χ0v) is 16.7. The summed E-state index contributed by atoms with van der Waals surface area (Å²) in [4.78, 5) is 42.6. The summed E-state index contributed by atoms with van der Waals surface area (Å²) in [7, 11) is 1.66. The average Bonchev–Trinajstić information content (AvgIpc) is 2.73. The van der Waals surface area contributed by atoms with Crippen LogP contribution in [0.25, 0.3) is 11.0 Å². The van der Waals surface area contributed by atoms with Gasteiger partial charge in [-0.05, 0) is 37.6 Å². The van der Waals surface area contributed by atoms with Gasteiger partial charge in [0.1, 0.15) is 5.69 Å². The molecule has 0 bridgehead atoms. The Kier molecular flexibility index (Phi) is 6.07. The van der Waals surface area contributed by atoms with E-state index >= 15 is 0 Å². The minimum atomic E-state index is -0.609. The van der Waals surface area contributed by atoms with Crippen molar-refractivity contribution in [3.8, 4) is 0 Å². The summed E-state index contributed by atoms with van der Waals surface area (Å²) in [6, 6.07) is 14.4. The van der Waals surface area contributed by atoms with Gasteiger partial charge in [0, 0.05) is 20.1 Å². The normalized spacial score (nSPS) is 10.7. The van der Waals surface area contributed by atoms with Crippen LogP contribution in [0.3, 0.4) is 0 Å². The summed E-state index contributed by atoms with van der Waals surface area (Å²) in [5, 5.41) is 0. The Labute approximate surface area is 168 Å². The second-order valence-corrected chi connectivity index (χ2v) is 6.76. The van der Waals surface area contributed by atoms with E-state index in [1.807, 2.05) is 37.3 Å². The van der Waals surface area contributed by atoms with E-state index in [4.69, 9.17) is 4.74 Å². The number of aryl methyl sites for hydroxylation is 2. The lowest BCUT2D eigenvalue weighted by Crippen LogP contribution is -2.30. The Hall–Kier alpha value is -3.48. The number of esters is 1. The van der Waals surface area contributed by atoms with Gasteiger partial charge in [-0.25, -0.2) is 9.78 Å². The number of hydrogen-bond acceptors (Lipinski definition) is 5. The number of nitrogens with zero attached hydrogens (tertiary/aromatic N) is 3. The third kappa shape index (κ3) is 4.51. The van der Waals surface area contributed by atoms with Crippen LogP contribution >= 0.6 is 0 Å². The zero-order chi connectivity index (χ0) is 21.0. The maximum atomic E-state index is 12.4. The SMILES string of the molecule is CCn1c(=O)c(C)nc2cc(C(=O)OCC(=O)N(C)Cc3ccccc3)ccc21. The summed E-state index contributed by atoms with van der Waals surface area (Å²) in [5.74, 6) is -0.904. The van der Waals surface area contributed by atoms with Crippen molar-refractivity contribution in [2.45, 2.75) is 26.9 Å². The van der Waals surface area contributed by atoms with Gasteiger partial charge in [-0.15, -0.1) is 0 Å². The maximum Gasteiger partial charge on any atom is 0.338 e. The monoisotopic (exact) mass is 393 g/mol. The molecular formula is C22H23N3O4. The van der Waals surface area contributed by atoms with Crippen LogP contribution in [0.5, 0.6) is 0 Å². The van der Waals surface area contributed by atoms with E-state index in [-0.39, 0.29) is 23.6 Å². The number of benzene rings is 2. The van der Waals surface area contributed by atoms with Gasteiger partial charge in [-0.2, -0.15) is 0 Å². The Morgan fingerprint density at radius 2 is 1.86 bits per heavy atom. The van der Waals surface area contributed by atoms with Crippen molar-refractivity contribution in [3.63, 3.8) is 0 Å². The molecule has 0 unspecified atom stereocenters. The molecule has 0 saturated heterocycles. The number of likely N-dealkylation sites (N-methyl/N-ethyl adjacent to an activating group) is 1. The van der Waals surface area contributed by atoms with Crippen molar-refractivity contribution in [2.24, 2.45) is 0 Å². The number of ether oxygens (including phenoxy) is 1. The molecule has 7 heteroatoms. The lowest BCUT2D eigenvalue weighted by atomic mass is 10.2. The first kappa shape index (κ1) is 20.3. The molecule has 1 heterocycles. The summed E-state index contributed by atoms with van der Waals surface area (Å²) < 4.78 is 6.79. The lowest BCUT2D eigenvalue weighted by Gasteiger charge is -2.17. The minimum absolute atomic E-state index is 0.151. The number of carbonyl (C=O) groups is 2. The Balaban J connectivity index is 1.69. The zero-order valence-electron chi connectivity index (χ0n) is 16.7. The van der Waals surface area contributed by atoms with Crippen LogP contribution < -0.4 is 5.56 Å². The highest BCUT2D eigenvalue weighted by molar-refractivity contribution is 5.94. The number of amides is 1. The molecule has 0 atom stereocenters. The highest BCUT2D eigenvalue weighted by Gasteiger charge is 2.15. The molecule has 0 saturated carbocycles. The molecule has 1 amide bonds. The third-order valence-corrected chi connectivity index (χ3v) is 4.68. The number of carbonyl (C=O) groups excluding carboxylic acids is 2. The van der Waals surface area contributed by atoms with Crippen molar-refractivity contribution >= 4 is 22.9 Å². The fourth-order valence-electron chi connectivity index (χ4n) is 3.08. The van der Waals surface area contributed by atoms with Crippen LogP contribution in [-0.4, -0.2) is 40.0 Å². The maximum absolute atomic E-state index is 12.4. The molecule has 29 heavy (non-hydrogen) atoms. The molecule has 0 aliphatic heterocycles. The van der Waals surface area contributed by atoms with Gasteiger partial charge >= 0.3 is 5.97 Å². The van der Waals surface area contributed by atoms with Crippen molar-refractivity contribution in [1.82, 2.24) is 14.5 Å². The fraction of sp³-hybridized carbons (Fsp3) is 0.273. The fourth-order valence-corrected chi connectivity index (χ4v) is 3.08. The van der Waals surface area contributed by atoms with Crippen LogP contribution in [0.1, 0.15) is 28.5 Å². The van der Waals surface area contributed by atoms with Gasteiger partial charge in [-0.1, -0.05) is 30.3 Å². The number of fused-ring (bicyclic) bond motifs is 1. The predicted octanol–water partition coefficient (Wildman–Crippen LogP) is 2.54. The number of hydrogen-bond donors (Lipinski definition) is 0. The molecule has 150 valence electrons. The molecule has 1 aromatic heterocycles. The molecule has 0 fully saturated rings. The standard InChI is InChI=1S/C22H23N3O4/c1-4-25-19-11-10-17(12-18(19)23-15(2)21(25)27)22(28)29-14-20(26)24(3)13-16-8-6-5-7-9-16/h5-12H,4,13-14H2,1-3H3. The van der Waals surface area contributed by atoms with E-state index in [1.54, 1.807) is 36.7 Å². The first-order valence-electron chi connectivity index (χ1n) is 9.37. The van der Waals surface area contributed by atoms with Crippen LogP contribution in [0.4, 0.5) is 0 Å². The largest absolute Gasteiger partial charge is 0.452 e. The highest BCUT2D eigenvalue weighted by Crippen LogP contribution is 2.14. The molecule has 0 radical (unpaired) electrons. The number of aromatic nitrogens is 2. The molecule has 0 N–H and O–H groups in total. The molecule has 0 aliphatic carbocycles. The van der Waals surface area contributed by atoms with Crippen LogP contribution in [0.2, 0.25) is 0 Å². The lowest BCUT2D eigenvalue weighted by molar-refractivity contribution is -0.133. The van der Waals surface area contributed by atoms with E-state index in [1.165, 1.54) is 4.90 Å². The Morgan fingerprint density at radius 3 is 2.55 bits per heavy atom. The summed E-state index contributed by atoms with van der Waals surface area (Å²) >= 11 is 0.